The van der Waals surface area contributed by atoms with Crippen LogP contribution < -0.4 is 14.2 Å². The topological polar surface area (TPSA) is 34.2 Å². The summed E-state index contributed by atoms with van der Waals surface area (Å²) >= 11 is 0. The lowest BCUT2D eigenvalue weighted by molar-refractivity contribution is 0.222. The smallest absolute Gasteiger partial charge is 0.127 e. The molecule has 0 aromatic heterocycles. The van der Waals surface area contributed by atoms with E-state index in [0.717, 1.165) is 62.3 Å². The Hall–Kier alpha value is -2.24. The third-order valence-electron chi connectivity index (χ3n) is 5.02. The van der Waals surface area contributed by atoms with Gasteiger partial charge in [-0.3, -0.25) is 0 Å². The zero-order chi connectivity index (χ0) is 20.9. The molecule has 0 aliphatic heterocycles. The van der Waals surface area contributed by atoms with E-state index in [2.05, 4.69) is 37.5 Å². The van der Waals surface area contributed by atoms with E-state index in [1.165, 1.54) is 0 Å². The van der Waals surface area contributed by atoms with E-state index in [0.29, 0.717) is 13.2 Å². The van der Waals surface area contributed by atoms with Crippen molar-refractivity contribution in [2.75, 3.05) is 52.5 Å². The van der Waals surface area contributed by atoms with Crippen LogP contribution in [0.1, 0.15) is 27.7 Å². The Morgan fingerprint density at radius 1 is 0.517 bits per heavy atom. The Bertz CT molecular complexity index is 606. The van der Waals surface area contributed by atoms with E-state index in [4.69, 9.17) is 14.2 Å². The van der Waals surface area contributed by atoms with Crippen molar-refractivity contribution in [2.45, 2.75) is 27.7 Å². The Morgan fingerprint density at radius 2 is 0.828 bits per heavy atom. The molecule has 2 aromatic rings. The van der Waals surface area contributed by atoms with E-state index in [9.17, 15) is 0 Å². The van der Waals surface area contributed by atoms with Crippen molar-refractivity contribution in [1.29, 1.82) is 0 Å². The van der Waals surface area contributed by atoms with E-state index < -0.39 is 0 Å². The average molecular weight is 401 g/mol. The molecule has 0 aliphatic rings. The molecule has 0 radical (unpaired) electrons. The zero-order valence-electron chi connectivity index (χ0n) is 18.4. The number of rotatable bonds is 14. The summed E-state index contributed by atoms with van der Waals surface area (Å²) in [7, 11) is 0. The Kier molecular flexibility index (Phi) is 10.4. The van der Waals surface area contributed by atoms with Crippen LogP contribution in [0.4, 0.5) is 0 Å². The van der Waals surface area contributed by atoms with Crippen LogP contribution in [0.5, 0.6) is 23.0 Å². The first-order chi connectivity index (χ1) is 14.2. The van der Waals surface area contributed by atoms with Crippen molar-refractivity contribution in [1.82, 2.24) is 9.80 Å². The molecule has 5 heteroatoms. The molecule has 0 saturated carbocycles. The molecular formula is C24H36N2O3. The van der Waals surface area contributed by atoms with Crippen LogP contribution in [-0.2, 0) is 0 Å². The highest BCUT2D eigenvalue weighted by Gasteiger charge is 2.03. The highest BCUT2D eigenvalue weighted by atomic mass is 16.5. The molecule has 2 rings (SSSR count). The average Bonchev–Trinajstić information content (AvgIpc) is 2.76. The molecule has 160 valence electrons. The van der Waals surface area contributed by atoms with Gasteiger partial charge in [-0.25, -0.2) is 0 Å². The van der Waals surface area contributed by atoms with Crippen LogP contribution in [0, 0.1) is 0 Å². The van der Waals surface area contributed by atoms with Gasteiger partial charge in [0, 0.05) is 13.1 Å². The van der Waals surface area contributed by atoms with Crippen molar-refractivity contribution in [2.24, 2.45) is 0 Å². The minimum atomic E-state index is 0.692. The first-order valence-electron chi connectivity index (χ1n) is 10.8. The predicted octanol–water partition coefficient (Wildman–Crippen LogP) is 4.92. The number of nitrogens with zero attached hydrogens (tertiary/aromatic N) is 2. The second kappa shape index (κ2) is 13.1. The summed E-state index contributed by atoms with van der Waals surface area (Å²) in [6, 6.07) is 15.5. The van der Waals surface area contributed by atoms with Gasteiger partial charge in [-0.2, -0.15) is 0 Å². The van der Waals surface area contributed by atoms with Gasteiger partial charge in [0.15, 0.2) is 0 Å². The van der Waals surface area contributed by atoms with Gasteiger partial charge in [0.05, 0.1) is 0 Å². The van der Waals surface area contributed by atoms with Crippen molar-refractivity contribution >= 4 is 0 Å². The van der Waals surface area contributed by atoms with Crippen LogP contribution >= 0.6 is 0 Å². The number of hydrogen-bond acceptors (Lipinski definition) is 5. The van der Waals surface area contributed by atoms with Crippen molar-refractivity contribution in [3.05, 3.63) is 48.5 Å². The van der Waals surface area contributed by atoms with E-state index in [1.54, 1.807) is 0 Å². The van der Waals surface area contributed by atoms with Gasteiger partial charge in [-0.1, -0.05) is 27.7 Å². The van der Waals surface area contributed by atoms with Crippen LogP contribution in [0.3, 0.4) is 0 Å². The molecule has 0 saturated heterocycles. The molecule has 0 spiro atoms. The molecule has 0 heterocycles. The fourth-order valence-corrected chi connectivity index (χ4v) is 3.01. The van der Waals surface area contributed by atoms with Gasteiger partial charge in [-0.05, 0) is 74.7 Å². The molecule has 0 unspecified atom stereocenters. The minimum Gasteiger partial charge on any atom is -0.492 e. The molecule has 0 bridgehead atoms. The fourth-order valence-electron chi connectivity index (χ4n) is 3.01. The summed E-state index contributed by atoms with van der Waals surface area (Å²) in [5.41, 5.74) is 0. The second-order valence-corrected chi connectivity index (χ2v) is 6.80. The first kappa shape index (κ1) is 23.0. The van der Waals surface area contributed by atoms with Gasteiger partial charge in [0.25, 0.3) is 0 Å². The zero-order valence-corrected chi connectivity index (χ0v) is 18.4. The predicted molar refractivity (Wildman–Crippen MR) is 120 cm³/mol. The SMILES string of the molecule is CCN(CC)CCOc1ccc(Oc2ccc(OCCN(CC)CC)cc2)cc1. The number of ether oxygens (including phenoxy) is 3. The molecule has 5 nitrogen and oxygen atoms in total. The highest BCUT2D eigenvalue weighted by molar-refractivity contribution is 5.37. The van der Waals surface area contributed by atoms with Gasteiger partial charge in [0.2, 0.25) is 0 Å². The normalized spacial score (nSPS) is 11.1. The Balaban J connectivity index is 1.76. The standard InChI is InChI=1S/C24H36N2O3/c1-5-25(6-2)17-19-27-21-9-13-23(14-10-21)29-24-15-11-22(12-16-24)28-20-18-26(7-3)8-4/h9-16H,5-8,17-20H2,1-4H3. The van der Waals surface area contributed by atoms with E-state index in [1.807, 2.05) is 48.5 Å². The molecule has 0 atom stereocenters. The van der Waals surface area contributed by atoms with Gasteiger partial charge in [-0.15, -0.1) is 0 Å². The first-order valence-corrected chi connectivity index (χ1v) is 10.8. The Morgan fingerprint density at radius 3 is 1.14 bits per heavy atom. The second-order valence-electron chi connectivity index (χ2n) is 6.80. The molecule has 2 aromatic carbocycles. The monoisotopic (exact) mass is 400 g/mol. The third-order valence-corrected chi connectivity index (χ3v) is 5.02. The van der Waals surface area contributed by atoms with Crippen LogP contribution in [-0.4, -0.2) is 62.3 Å². The summed E-state index contributed by atoms with van der Waals surface area (Å²) in [5, 5.41) is 0. The summed E-state index contributed by atoms with van der Waals surface area (Å²) < 4.78 is 17.5. The largest absolute Gasteiger partial charge is 0.492 e. The number of hydrogen-bond donors (Lipinski definition) is 0. The molecule has 29 heavy (non-hydrogen) atoms. The van der Waals surface area contributed by atoms with E-state index >= 15 is 0 Å². The van der Waals surface area contributed by atoms with E-state index in [-0.39, 0.29) is 0 Å². The van der Waals surface area contributed by atoms with Crippen molar-refractivity contribution < 1.29 is 14.2 Å². The lowest BCUT2D eigenvalue weighted by Gasteiger charge is -2.18. The maximum absolute atomic E-state index is 5.92. The van der Waals surface area contributed by atoms with Gasteiger partial charge < -0.3 is 24.0 Å². The summed E-state index contributed by atoms with van der Waals surface area (Å²) in [6.45, 7) is 16.1. The lowest BCUT2D eigenvalue weighted by Crippen LogP contribution is -2.27. The minimum absolute atomic E-state index is 0.692. The molecule has 0 fully saturated rings. The molecule has 0 N–H and O–H groups in total. The van der Waals surface area contributed by atoms with Crippen molar-refractivity contribution in [3.8, 4) is 23.0 Å². The van der Waals surface area contributed by atoms with Crippen molar-refractivity contribution in [3.63, 3.8) is 0 Å². The highest BCUT2D eigenvalue weighted by Crippen LogP contribution is 2.25. The quantitative estimate of drug-likeness (QED) is 0.450. The number of benzene rings is 2. The molecule has 0 aliphatic carbocycles. The summed E-state index contributed by atoms with van der Waals surface area (Å²) in [4.78, 5) is 4.68. The van der Waals surface area contributed by atoms with Gasteiger partial charge >= 0.3 is 0 Å². The summed E-state index contributed by atoms with van der Waals surface area (Å²) in [5.74, 6) is 3.30. The van der Waals surface area contributed by atoms with Crippen LogP contribution in [0.15, 0.2) is 48.5 Å². The van der Waals surface area contributed by atoms with Crippen LogP contribution in [0.2, 0.25) is 0 Å². The number of likely N-dealkylation sites (N-methyl/N-ethyl adjacent to an activating group) is 2. The maximum atomic E-state index is 5.92. The maximum Gasteiger partial charge on any atom is 0.127 e. The van der Waals surface area contributed by atoms with Crippen LogP contribution in [0.25, 0.3) is 0 Å². The molecular weight excluding hydrogens is 364 g/mol. The Labute approximate surface area is 176 Å². The molecule has 0 amide bonds. The lowest BCUT2D eigenvalue weighted by atomic mass is 10.3. The summed E-state index contributed by atoms with van der Waals surface area (Å²) in [6.07, 6.45) is 0. The van der Waals surface area contributed by atoms with Gasteiger partial charge in [0.1, 0.15) is 36.2 Å². The fraction of sp³-hybridized carbons (Fsp3) is 0.500. The third kappa shape index (κ3) is 8.34.